The zero-order chi connectivity index (χ0) is 21.6. The first kappa shape index (κ1) is 20.0. The summed E-state index contributed by atoms with van der Waals surface area (Å²) in [4.78, 5) is 47.9. The van der Waals surface area contributed by atoms with Crippen molar-refractivity contribution in [2.75, 3.05) is 39.3 Å². The van der Waals surface area contributed by atoms with Crippen LogP contribution in [0.5, 0.6) is 0 Å². The highest BCUT2D eigenvalue weighted by atomic mass is 16.6. The maximum atomic E-state index is 13.4. The van der Waals surface area contributed by atoms with Crippen molar-refractivity contribution in [3.8, 4) is 0 Å². The smallest absolute Gasteiger partial charge is 0.409 e. The molecule has 0 saturated carbocycles. The van der Waals surface area contributed by atoms with Gasteiger partial charge in [-0.05, 0) is 24.6 Å². The van der Waals surface area contributed by atoms with Crippen molar-refractivity contribution < 1.29 is 23.9 Å². The lowest BCUT2D eigenvalue weighted by atomic mass is 9.76. The van der Waals surface area contributed by atoms with Gasteiger partial charge in [0.25, 0.3) is 0 Å². The molecule has 0 aliphatic carbocycles. The van der Waals surface area contributed by atoms with Crippen LogP contribution >= 0.6 is 0 Å². The Hall–Kier alpha value is -2.94. The number of nitrogens with zero attached hydrogens (tertiary/aromatic N) is 4. The highest BCUT2D eigenvalue weighted by Crippen LogP contribution is 2.52. The number of ether oxygens (including phenoxy) is 2. The van der Waals surface area contributed by atoms with Crippen LogP contribution in [0.15, 0.2) is 36.7 Å². The fraction of sp³-hybridized carbons (Fsp3) is 0.545. The van der Waals surface area contributed by atoms with Gasteiger partial charge in [-0.2, -0.15) is 0 Å². The van der Waals surface area contributed by atoms with E-state index in [9.17, 15) is 14.4 Å². The van der Waals surface area contributed by atoms with Crippen molar-refractivity contribution in [3.63, 3.8) is 0 Å². The van der Waals surface area contributed by atoms with Crippen LogP contribution in [-0.2, 0) is 25.6 Å². The minimum Gasteiger partial charge on any atom is -0.450 e. The molecule has 31 heavy (non-hydrogen) atoms. The lowest BCUT2D eigenvalue weighted by Crippen LogP contribution is -2.54. The third-order valence-corrected chi connectivity index (χ3v) is 6.70. The van der Waals surface area contributed by atoms with Crippen molar-refractivity contribution in [1.82, 2.24) is 19.7 Å². The molecule has 3 saturated heterocycles. The molecule has 5 rings (SSSR count). The van der Waals surface area contributed by atoms with Crippen LogP contribution < -0.4 is 0 Å². The lowest BCUT2D eigenvalue weighted by Gasteiger charge is -2.36. The Morgan fingerprint density at radius 1 is 1.19 bits per heavy atom. The van der Waals surface area contributed by atoms with Crippen molar-refractivity contribution in [3.05, 3.63) is 42.2 Å². The standard InChI is InChI=1S/C22H26N4O5/c1-2-30-21(29)25-11-9-24(10-12-25)19(27)17-16-3-6-22(31-16)14-26(20(28)18(17)22)13-15-4-7-23-8-5-15/h3-8,16-18H,2,9-14H2,1H3/t16-,17-,18+,22+/m1/s1. The second kappa shape index (κ2) is 7.64. The largest absolute Gasteiger partial charge is 0.450 e. The van der Waals surface area contributed by atoms with E-state index in [-0.39, 0.29) is 24.0 Å². The van der Waals surface area contributed by atoms with Gasteiger partial charge in [-0.3, -0.25) is 14.6 Å². The average molecular weight is 426 g/mol. The van der Waals surface area contributed by atoms with Crippen LogP contribution in [-0.4, -0.2) is 88.6 Å². The fourth-order valence-corrected chi connectivity index (χ4v) is 5.24. The van der Waals surface area contributed by atoms with E-state index in [1.165, 1.54) is 0 Å². The van der Waals surface area contributed by atoms with E-state index in [0.717, 1.165) is 5.56 Å². The summed E-state index contributed by atoms with van der Waals surface area (Å²) in [5.41, 5.74) is 0.276. The number of aromatic nitrogens is 1. The highest BCUT2D eigenvalue weighted by Gasteiger charge is 2.67. The molecule has 1 aromatic heterocycles. The van der Waals surface area contributed by atoms with E-state index in [1.54, 1.807) is 34.0 Å². The van der Waals surface area contributed by atoms with Gasteiger partial charge in [0, 0.05) is 45.1 Å². The SMILES string of the molecule is CCOC(=O)N1CCN(C(=O)[C@H]2[C@H]3C(=O)N(Cc4ccncc4)C[C@@]34C=C[C@H]2O4)CC1. The van der Waals surface area contributed by atoms with Gasteiger partial charge < -0.3 is 24.2 Å². The molecule has 164 valence electrons. The van der Waals surface area contributed by atoms with Crippen molar-refractivity contribution in [2.24, 2.45) is 11.8 Å². The summed E-state index contributed by atoms with van der Waals surface area (Å²) in [7, 11) is 0. The predicted molar refractivity (Wildman–Crippen MR) is 109 cm³/mol. The van der Waals surface area contributed by atoms with Gasteiger partial charge >= 0.3 is 6.09 Å². The summed E-state index contributed by atoms with van der Waals surface area (Å²) in [6.45, 7) is 4.73. The third kappa shape index (κ3) is 3.27. The third-order valence-electron chi connectivity index (χ3n) is 6.70. The summed E-state index contributed by atoms with van der Waals surface area (Å²) in [5.74, 6) is -1.12. The molecule has 0 aromatic carbocycles. The number of amides is 3. The van der Waals surface area contributed by atoms with Gasteiger partial charge in [-0.1, -0.05) is 12.2 Å². The number of hydrogen-bond donors (Lipinski definition) is 0. The van der Waals surface area contributed by atoms with E-state index in [1.807, 2.05) is 24.3 Å². The first-order valence-electron chi connectivity index (χ1n) is 10.8. The molecule has 0 N–H and O–H groups in total. The van der Waals surface area contributed by atoms with Gasteiger partial charge in [0.05, 0.1) is 31.1 Å². The number of pyridine rings is 1. The van der Waals surface area contributed by atoms with Crippen LogP contribution in [0.1, 0.15) is 12.5 Å². The number of hydrogen-bond acceptors (Lipinski definition) is 6. The van der Waals surface area contributed by atoms with E-state index in [4.69, 9.17) is 9.47 Å². The van der Waals surface area contributed by atoms with Crippen molar-refractivity contribution in [2.45, 2.75) is 25.2 Å². The van der Waals surface area contributed by atoms with Crippen molar-refractivity contribution >= 4 is 17.9 Å². The second-order valence-corrected chi connectivity index (χ2v) is 8.46. The molecular formula is C22H26N4O5. The van der Waals surface area contributed by atoms with Gasteiger partial charge in [-0.15, -0.1) is 0 Å². The molecule has 1 spiro atoms. The van der Waals surface area contributed by atoms with Crippen LogP contribution in [0.2, 0.25) is 0 Å². The summed E-state index contributed by atoms with van der Waals surface area (Å²) >= 11 is 0. The number of likely N-dealkylation sites (tertiary alicyclic amines) is 1. The zero-order valence-electron chi connectivity index (χ0n) is 17.5. The van der Waals surface area contributed by atoms with Crippen LogP contribution in [0.25, 0.3) is 0 Å². The number of piperazine rings is 1. The van der Waals surface area contributed by atoms with E-state index >= 15 is 0 Å². The topological polar surface area (TPSA) is 92.3 Å². The van der Waals surface area contributed by atoms with Gasteiger partial charge in [0.1, 0.15) is 5.60 Å². The molecule has 9 heteroatoms. The average Bonchev–Trinajstić information content (AvgIpc) is 3.42. The Morgan fingerprint density at radius 2 is 1.90 bits per heavy atom. The Bertz CT molecular complexity index is 914. The predicted octanol–water partition coefficient (Wildman–Crippen LogP) is 0.664. The normalized spacial score (nSPS) is 31.3. The second-order valence-electron chi connectivity index (χ2n) is 8.46. The molecule has 3 fully saturated rings. The highest BCUT2D eigenvalue weighted by molar-refractivity contribution is 5.93. The Balaban J connectivity index is 1.29. The summed E-state index contributed by atoms with van der Waals surface area (Å²) < 4.78 is 11.3. The Morgan fingerprint density at radius 3 is 2.61 bits per heavy atom. The van der Waals surface area contributed by atoms with Crippen LogP contribution in [0.3, 0.4) is 0 Å². The minimum atomic E-state index is -0.720. The maximum absolute atomic E-state index is 13.4. The number of fused-ring (bicyclic) bond motifs is 1. The lowest BCUT2D eigenvalue weighted by molar-refractivity contribution is -0.144. The first-order chi connectivity index (χ1) is 15.0. The summed E-state index contributed by atoms with van der Waals surface area (Å²) in [6.07, 6.45) is 6.59. The molecule has 0 radical (unpaired) electrons. The molecule has 4 aliphatic rings. The molecule has 4 atom stereocenters. The molecule has 3 amide bonds. The van der Waals surface area contributed by atoms with Gasteiger partial charge in [-0.25, -0.2) is 4.79 Å². The molecular weight excluding hydrogens is 400 g/mol. The van der Waals surface area contributed by atoms with Crippen LogP contribution in [0, 0.1) is 11.8 Å². The number of carbonyl (C=O) groups is 3. The summed E-state index contributed by atoms with van der Waals surface area (Å²) in [5, 5.41) is 0. The molecule has 5 heterocycles. The zero-order valence-corrected chi connectivity index (χ0v) is 17.5. The molecule has 1 aromatic rings. The summed E-state index contributed by atoms with van der Waals surface area (Å²) in [6, 6.07) is 3.78. The van der Waals surface area contributed by atoms with Gasteiger partial charge in [0.15, 0.2) is 0 Å². The Kier molecular flexibility index (Phi) is 4.92. The van der Waals surface area contributed by atoms with E-state index in [0.29, 0.717) is 45.9 Å². The monoisotopic (exact) mass is 426 g/mol. The molecule has 9 nitrogen and oxygen atoms in total. The van der Waals surface area contributed by atoms with E-state index in [2.05, 4.69) is 4.98 Å². The quantitative estimate of drug-likeness (QED) is 0.657. The van der Waals surface area contributed by atoms with Crippen LogP contribution in [0.4, 0.5) is 4.79 Å². The molecule has 2 bridgehead atoms. The maximum Gasteiger partial charge on any atom is 0.409 e. The number of carbonyl (C=O) groups excluding carboxylic acids is 3. The molecule has 0 unspecified atom stereocenters. The Labute approximate surface area is 180 Å². The molecule has 4 aliphatic heterocycles. The van der Waals surface area contributed by atoms with Gasteiger partial charge in [0.2, 0.25) is 11.8 Å². The van der Waals surface area contributed by atoms with Crippen molar-refractivity contribution in [1.29, 1.82) is 0 Å². The fourth-order valence-electron chi connectivity index (χ4n) is 5.24. The first-order valence-corrected chi connectivity index (χ1v) is 10.8. The minimum absolute atomic E-state index is 0.0350. The van der Waals surface area contributed by atoms with E-state index < -0.39 is 17.4 Å². The number of rotatable bonds is 4.